The molecule has 0 aliphatic carbocycles. The number of aliphatic hydroxyl groups excluding tert-OH is 1. The first-order valence-electron chi connectivity index (χ1n) is 4.90. The largest absolute Gasteiger partial charge is 0.393 e. The first kappa shape index (κ1) is 10.1. The van der Waals surface area contributed by atoms with E-state index in [1.54, 1.807) is 11.3 Å². The number of hydrogen-bond acceptors (Lipinski definition) is 4. The highest BCUT2D eigenvalue weighted by atomic mass is 32.1. The molecule has 3 nitrogen and oxygen atoms in total. The second-order valence-corrected chi connectivity index (χ2v) is 5.13. The number of nitrogens with zero attached hydrogens (tertiary/aromatic N) is 1. The van der Waals surface area contributed by atoms with Gasteiger partial charge in [0.15, 0.2) is 0 Å². The van der Waals surface area contributed by atoms with Gasteiger partial charge in [0.05, 0.1) is 17.2 Å². The molecule has 1 aliphatic rings. The molecule has 0 radical (unpaired) electrons. The quantitative estimate of drug-likeness (QED) is 0.828. The van der Waals surface area contributed by atoms with Gasteiger partial charge in [0.25, 0.3) is 0 Å². The molecule has 1 aromatic heterocycles. The highest BCUT2D eigenvalue weighted by molar-refractivity contribution is 7.11. The van der Waals surface area contributed by atoms with Crippen LogP contribution in [0, 0.1) is 6.92 Å². The van der Waals surface area contributed by atoms with Gasteiger partial charge >= 0.3 is 0 Å². The van der Waals surface area contributed by atoms with Gasteiger partial charge in [-0.05, 0) is 19.8 Å². The zero-order valence-corrected chi connectivity index (χ0v) is 9.14. The first-order chi connectivity index (χ1) is 6.74. The van der Waals surface area contributed by atoms with E-state index in [0.29, 0.717) is 0 Å². The van der Waals surface area contributed by atoms with Gasteiger partial charge in [-0.25, -0.2) is 4.98 Å². The van der Waals surface area contributed by atoms with Gasteiger partial charge in [-0.1, -0.05) is 0 Å². The van der Waals surface area contributed by atoms with Crippen molar-refractivity contribution in [3.63, 3.8) is 0 Å². The second-order valence-electron chi connectivity index (χ2n) is 3.82. The van der Waals surface area contributed by atoms with Gasteiger partial charge in [0.2, 0.25) is 0 Å². The highest BCUT2D eigenvalue weighted by Crippen LogP contribution is 2.30. The summed E-state index contributed by atoms with van der Waals surface area (Å²) in [5, 5.41) is 10.4. The summed E-state index contributed by atoms with van der Waals surface area (Å²) in [7, 11) is 0. The third kappa shape index (κ3) is 1.97. The van der Waals surface area contributed by atoms with Crippen molar-refractivity contribution in [1.29, 1.82) is 0 Å². The summed E-state index contributed by atoms with van der Waals surface area (Å²) in [6.07, 6.45) is 4.70. The van der Waals surface area contributed by atoms with Gasteiger partial charge in [0.1, 0.15) is 0 Å². The minimum absolute atomic E-state index is 0.115. The van der Waals surface area contributed by atoms with E-state index in [-0.39, 0.29) is 12.2 Å². The van der Waals surface area contributed by atoms with E-state index in [1.807, 2.05) is 13.1 Å². The number of aliphatic hydroxyl groups is 1. The van der Waals surface area contributed by atoms with Crippen molar-refractivity contribution in [2.45, 2.75) is 31.8 Å². The van der Waals surface area contributed by atoms with E-state index < -0.39 is 0 Å². The Morgan fingerprint density at radius 2 is 2.57 bits per heavy atom. The summed E-state index contributed by atoms with van der Waals surface area (Å²) in [6.45, 7) is 2.89. The molecule has 0 bridgehead atoms. The van der Waals surface area contributed by atoms with Crippen LogP contribution in [-0.2, 0) is 11.2 Å². The summed E-state index contributed by atoms with van der Waals surface area (Å²) in [6, 6.07) is 0. The topological polar surface area (TPSA) is 42.4 Å². The fourth-order valence-corrected chi connectivity index (χ4v) is 2.81. The number of rotatable bonds is 3. The maximum absolute atomic E-state index is 9.34. The van der Waals surface area contributed by atoms with Crippen molar-refractivity contribution >= 4 is 11.3 Å². The maximum Gasteiger partial charge on any atom is 0.0961 e. The Morgan fingerprint density at radius 3 is 3.07 bits per heavy atom. The van der Waals surface area contributed by atoms with E-state index in [4.69, 9.17) is 4.74 Å². The summed E-state index contributed by atoms with van der Waals surface area (Å²) in [5.41, 5.74) is -0.320. The van der Waals surface area contributed by atoms with Crippen molar-refractivity contribution in [3.8, 4) is 0 Å². The van der Waals surface area contributed by atoms with E-state index in [9.17, 15) is 5.11 Å². The van der Waals surface area contributed by atoms with Gasteiger partial charge in [0, 0.05) is 24.1 Å². The lowest BCUT2D eigenvalue weighted by Crippen LogP contribution is -2.34. The Bertz CT molecular complexity index is 305. The zero-order valence-electron chi connectivity index (χ0n) is 8.32. The Morgan fingerprint density at radius 1 is 1.71 bits per heavy atom. The standard InChI is InChI=1S/C10H15NO2S/c1-8-11-6-9(14-8)5-10(7-12)3-2-4-13-10/h6,12H,2-5,7H2,1H3. The third-order valence-corrected chi connectivity index (χ3v) is 3.55. The van der Waals surface area contributed by atoms with Crippen LogP contribution < -0.4 is 0 Å². The van der Waals surface area contributed by atoms with E-state index in [0.717, 1.165) is 30.9 Å². The number of hydrogen-bond donors (Lipinski definition) is 1. The van der Waals surface area contributed by atoms with Crippen LogP contribution in [0.3, 0.4) is 0 Å². The van der Waals surface area contributed by atoms with Crippen LogP contribution in [0.25, 0.3) is 0 Å². The Labute approximate surface area is 87.7 Å². The summed E-state index contributed by atoms with van der Waals surface area (Å²) in [4.78, 5) is 5.41. The molecule has 1 aromatic rings. The van der Waals surface area contributed by atoms with Gasteiger partial charge < -0.3 is 9.84 Å². The first-order valence-corrected chi connectivity index (χ1v) is 5.72. The third-order valence-electron chi connectivity index (χ3n) is 2.64. The van der Waals surface area contributed by atoms with Crippen molar-refractivity contribution in [3.05, 3.63) is 16.1 Å². The average molecular weight is 213 g/mol. The fourth-order valence-electron chi connectivity index (χ4n) is 1.88. The number of aryl methyl sites for hydroxylation is 1. The van der Waals surface area contributed by atoms with Crippen LogP contribution in [0.1, 0.15) is 22.7 Å². The second kappa shape index (κ2) is 3.96. The van der Waals surface area contributed by atoms with E-state index >= 15 is 0 Å². The molecule has 0 saturated carbocycles. The average Bonchev–Trinajstić information content (AvgIpc) is 2.77. The predicted octanol–water partition coefficient (Wildman–Crippen LogP) is 1.54. The molecule has 4 heteroatoms. The van der Waals surface area contributed by atoms with Crippen LogP contribution in [-0.4, -0.2) is 28.9 Å². The fraction of sp³-hybridized carbons (Fsp3) is 0.700. The molecule has 2 heterocycles. The van der Waals surface area contributed by atoms with Crippen LogP contribution in [0.4, 0.5) is 0 Å². The summed E-state index contributed by atoms with van der Waals surface area (Å²) >= 11 is 1.69. The lowest BCUT2D eigenvalue weighted by atomic mass is 9.96. The van der Waals surface area contributed by atoms with Crippen molar-refractivity contribution in [1.82, 2.24) is 4.98 Å². The van der Waals surface area contributed by atoms with Crippen molar-refractivity contribution in [2.24, 2.45) is 0 Å². The number of ether oxygens (including phenoxy) is 1. The van der Waals surface area contributed by atoms with Gasteiger partial charge in [-0.2, -0.15) is 0 Å². The van der Waals surface area contributed by atoms with E-state index in [1.165, 1.54) is 4.88 Å². The SMILES string of the molecule is Cc1ncc(CC2(CO)CCCO2)s1. The van der Waals surface area contributed by atoms with Crippen LogP contribution in [0.2, 0.25) is 0 Å². The molecule has 1 unspecified atom stereocenters. The van der Waals surface area contributed by atoms with Crippen LogP contribution >= 0.6 is 11.3 Å². The molecule has 1 atom stereocenters. The van der Waals surface area contributed by atoms with Gasteiger partial charge in [-0.3, -0.25) is 0 Å². The number of aromatic nitrogens is 1. The molecule has 0 aromatic carbocycles. The molecule has 1 N–H and O–H groups in total. The van der Waals surface area contributed by atoms with Crippen LogP contribution in [0.5, 0.6) is 0 Å². The van der Waals surface area contributed by atoms with Gasteiger partial charge in [-0.15, -0.1) is 11.3 Å². The summed E-state index contributed by atoms with van der Waals surface area (Å²) in [5.74, 6) is 0. The molecule has 2 rings (SSSR count). The zero-order chi connectivity index (χ0) is 10.0. The monoisotopic (exact) mass is 213 g/mol. The molecule has 1 fully saturated rings. The lowest BCUT2D eigenvalue weighted by molar-refractivity contribution is -0.0371. The molecular formula is C10H15NO2S. The Hall–Kier alpha value is -0.450. The molecule has 1 aliphatic heterocycles. The predicted molar refractivity (Wildman–Crippen MR) is 55.6 cm³/mol. The smallest absolute Gasteiger partial charge is 0.0961 e. The Kier molecular flexibility index (Phi) is 2.85. The van der Waals surface area contributed by atoms with Crippen LogP contribution in [0.15, 0.2) is 6.20 Å². The van der Waals surface area contributed by atoms with E-state index in [2.05, 4.69) is 4.98 Å². The Balaban J connectivity index is 2.08. The molecule has 78 valence electrons. The molecule has 0 amide bonds. The highest BCUT2D eigenvalue weighted by Gasteiger charge is 2.35. The minimum Gasteiger partial charge on any atom is -0.393 e. The number of thiazole rings is 1. The maximum atomic E-state index is 9.34. The summed E-state index contributed by atoms with van der Waals surface area (Å²) < 4.78 is 5.63. The molecule has 14 heavy (non-hydrogen) atoms. The molecule has 1 saturated heterocycles. The molecular weight excluding hydrogens is 198 g/mol. The normalized spacial score (nSPS) is 27.0. The minimum atomic E-state index is -0.320. The molecule has 0 spiro atoms. The van der Waals surface area contributed by atoms with Crippen molar-refractivity contribution < 1.29 is 9.84 Å². The van der Waals surface area contributed by atoms with Crippen molar-refractivity contribution in [2.75, 3.05) is 13.2 Å². The lowest BCUT2D eigenvalue weighted by Gasteiger charge is -2.24.